The van der Waals surface area contributed by atoms with Crippen LogP contribution in [0.3, 0.4) is 0 Å². The van der Waals surface area contributed by atoms with Crippen LogP contribution < -0.4 is 16.0 Å². The first-order valence-electron chi connectivity index (χ1n) is 11.9. The molecule has 37 heavy (non-hydrogen) atoms. The van der Waals surface area contributed by atoms with E-state index in [9.17, 15) is 4.39 Å². The Labute approximate surface area is 215 Å². The van der Waals surface area contributed by atoms with E-state index in [0.29, 0.717) is 23.5 Å². The van der Waals surface area contributed by atoms with Crippen molar-refractivity contribution in [2.75, 3.05) is 22.5 Å². The minimum Gasteiger partial charge on any atom is -0.383 e. The number of nitrogen functional groups attached to an aromatic ring is 1. The number of halogens is 1. The molecule has 3 aromatic carbocycles. The Balaban J connectivity index is 1.54. The highest BCUT2D eigenvalue weighted by molar-refractivity contribution is 6.16. The standard InChI is InChI=1S/C30H27FN6/c1-18-7-4-5-10-25(18)37-20(3)26-19(2)8-6-9-22(26)15-24(37)16-34-30-27(29(33)35-17-36-30)28(32)21-11-13-23(31)14-12-21/h4-15,17,32H,3,16H2,1-2H3,(H3,33,34,35,36). The van der Waals surface area contributed by atoms with Gasteiger partial charge < -0.3 is 16.0 Å². The highest BCUT2D eigenvalue weighted by Gasteiger charge is 2.26. The number of para-hydroxylation sites is 1. The second-order valence-electron chi connectivity index (χ2n) is 8.96. The first-order chi connectivity index (χ1) is 17.8. The number of aryl methyl sites for hydroxylation is 2. The molecule has 2 heterocycles. The van der Waals surface area contributed by atoms with Gasteiger partial charge in [-0.25, -0.2) is 14.4 Å². The zero-order valence-electron chi connectivity index (χ0n) is 20.7. The Hall–Kier alpha value is -4.78. The summed E-state index contributed by atoms with van der Waals surface area (Å²) in [7, 11) is 0. The molecule has 1 aromatic heterocycles. The summed E-state index contributed by atoms with van der Waals surface area (Å²) < 4.78 is 13.5. The van der Waals surface area contributed by atoms with Crippen molar-refractivity contribution in [1.29, 1.82) is 5.41 Å². The molecule has 7 heteroatoms. The van der Waals surface area contributed by atoms with E-state index in [-0.39, 0.29) is 17.3 Å². The predicted octanol–water partition coefficient (Wildman–Crippen LogP) is 6.17. The zero-order valence-corrected chi connectivity index (χ0v) is 20.7. The molecule has 0 atom stereocenters. The maximum atomic E-state index is 13.5. The first-order valence-corrected chi connectivity index (χ1v) is 11.9. The van der Waals surface area contributed by atoms with E-state index in [0.717, 1.165) is 39.3 Å². The average Bonchev–Trinajstić information content (AvgIpc) is 2.88. The average molecular weight is 491 g/mol. The molecule has 0 bridgehead atoms. The number of nitrogens with zero attached hydrogens (tertiary/aromatic N) is 3. The number of hydrogen-bond acceptors (Lipinski definition) is 6. The Morgan fingerprint density at radius 2 is 1.73 bits per heavy atom. The second-order valence-corrected chi connectivity index (χ2v) is 8.96. The number of fused-ring (bicyclic) bond motifs is 1. The van der Waals surface area contributed by atoms with Crippen LogP contribution >= 0.6 is 0 Å². The molecule has 0 spiro atoms. The Morgan fingerprint density at radius 1 is 1.00 bits per heavy atom. The number of aromatic nitrogens is 2. The molecule has 0 amide bonds. The summed E-state index contributed by atoms with van der Waals surface area (Å²) in [5, 5.41) is 12.1. The van der Waals surface area contributed by atoms with Crippen LogP contribution in [0, 0.1) is 25.1 Å². The van der Waals surface area contributed by atoms with Crippen molar-refractivity contribution in [3.63, 3.8) is 0 Å². The Kier molecular flexibility index (Phi) is 6.27. The molecule has 0 unspecified atom stereocenters. The van der Waals surface area contributed by atoms with Crippen LogP contribution in [0.15, 0.2) is 85.3 Å². The van der Waals surface area contributed by atoms with Crippen LogP contribution in [-0.2, 0) is 0 Å². The van der Waals surface area contributed by atoms with Gasteiger partial charge in [-0.3, -0.25) is 5.41 Å². The summed E-state index contributed by atoms with van der Waals surface area (Å²) >= 11 is 0. The minimum atomic E-state index is -0.372. The number of anilines is 3. The highest BCUT2D eigenvalue weighted by atomic mass is 19.1. The number of hydrogen-bond donors (Lipinski definition) is 3. The molecule has 5 rings (SSSR count). The van der Waals surface area contributed by atoms with Gasteiger partial charge in [-0.1, -0.05) is 43.0 Å². The Morgan fingerprint density at radius 3 is 2.49 bits per heavy atom. The molecule has 1 aliphatic rings. The molecular formula is C30H27FN6. The molecule has 6 nitrogen and oxygen atoms in total. The number of nitrogens with two attached hydrogens (primary N) is 1. The maximum absolute atomic E-state index is 13.5. The van der Waals surface area contributed by atoms with Crippen LogP contribution in [0.5, 0.6) is 0 Å². The molecule has 4 N–H and O–H groups in total. The number of benzene rings is 3. The van der Waals surface area contributed by atoms with Crippen molar-refractivity contribution in [2.24, 2.45) is 0 Å². The molecule has 0 saturated carbocycles. The Bertz CT molecular complexity index is 1560. The molecule has 4 aromatic rings. The third-order valence-corrected chi connectivity index (χ3v) is 6.53. The lowest BCUT2D eigenvalue weighted by atomic mass is 9.93. The highest BCUT2D eigenvalue weighted by Crippen LogP contribution is 2.39. The minimum absolute atomic E-state index is 0.111. The fourth-order valence-electron chi connectivity index (χ4n) is 4.69. The van der Waals surface area contributed by atoms with Crippen molar-refractivity contribution in [3.05, 3.63) is 125 Å². The van der Waals surface area contributed by atoms with Gasteiger partial charge in [0.15, 0.2) is 0 Å². The van der Waals surface area contributed by atoms with Crippen LogP contribution in [-0.4, -0.2) is 22.2 Å². The predicted molar refractivity (Wildman–Crippen MR) is 149 cm³/mol. The number of nitrogens with one attached hydrogen (secondary N) is 2. The van der Waals surface area contributed by atoms with E-state index >= 15 is 0 Å². The lowest BCUT2D eigenvalue weighted by Crippen LogP contribution is -2.29. The SMILES string of the molecule is C=C1c2c(C)cccc2C=C(CNc2ncnc(N)c2C(=N)c2ccc(F)cc2)N1c1ccccc1C. The second kappa shape index (κ2) is 9.70. The van der Waals surface area contributed by atoms with Gasteiger partial charge in [0.2, 0.25) is 0 Å². The fourth-order valence-corrected chi connectivity index (χ4v) is 4.69. The lowest BCUT2D eigenvalue weighted by molar-refractivity contribution is 0.628. The summed E-state index contributed by atoms with van der Waals surface area (Å²) in [5.74, 6) is 0.224. The third-order valence-electron chi connectivity index (χ3n) is 6.53. The van der Waals surface area contributed by atoms with Crippen molar-refractivity contribution in [3.8, 4) is 0 Å². The van der Waals surface area contributed by atoms with Gasteiger partial charge in [-0.2, -0.15) is 0 Å². The first kappa shape index (κ1) is 23.9. The van der Waals surface area contributed by atoms with Gasteiger partial charge in [-0.05, 0) is 66.9 Å². The van der Waals surface area contributed by atoms with Crippen molar-refractivity contribution >= 4 is 34.8 Å². The zero-order chi connectivity index (χ0) is 26.1. The third kappa shape index (κ3) is 4.47. The quantitative estimate of drug-likeness (QED) is 0.281. The molecule has 184 valence electrons. The molecular weight excluding hydrogens is 463 g/mol. The van der Waals surface area contributed by atoms with Crippen molar-refractivity contribution in [2.45, 2.75) is 13.8 Å². The molecule has 0 radical (unpaired) electrons. The van der Waals surface area contributed by atoms with Gasteiger partial charge in [0.25, 0.3) is 0 Å². The largest absolute Gasteiger partial charge is 0.383 e. The van der Waals surface area contributed by atoms with Gasteiger partial charge in [0.1, 0.15) is 23.8 Å². The maximum Gasteiger partial charge on any atom is 0.141 e. The van der Waals surface area contributed by atoms with E-state index in [2.05, 4.69) is 71.0 Å². The van der Waals surface area contributed by atoms with Gasteiger partial charge in [-0.15, -0.1) is 0 Å². The monoisotopic (exact) mass is 490 g/mol. The fraction of sp³-hybridized carbons (Fsp3) is 0.100. The summed E-state index contributed by atoms with van der Waals surface area (Å²) in [6, 6.07) is 20.1. The van der Waals surface area contributed by atoms with Crippen molar-refractivity contribution < 1.29 is 4.39 Å². The van der Waals surface area contributed by atoms with Crippen LogP contribution in [0.1, 0.15) is 33.4 Å². The van der Waals surface area contributed by atoms with E-state index in [1.54, 1.807) is 12.1 Å². The van der Waals surface area contributed by atoms with Gasteiger partial charge in [0.05, 0.1) is 17.8 Å². The lowest BCUT2D eigenvalue weighted by Gasteiger charge is -2.35. The smallest absolute Gasteiger partial charge is 0.141 e. The summed E-state index contributed by atoms with van der Waals surface area (Å²) in [5.41, 5.74) is 14.6. The summed E-state index contributed by atoms with van der Waals surface area (Å²) in [6.07, 6.45) is 3.51. The van der Waals surface area contributed by atoms with E-state index in [4.69, 9.17) is 11.1 Å². The molecule has 0 fully saturated rings. The van der Waals surface area contributed by atoms with Gasteiger partial charge in [0, 0.05) is 28.2 Å². The van der Waals surface area contributed by atoms with Gasteiger partial charge >= 0.3 is 0 Å². The summed E-state index contributed by atoms with van der Waals surface area (Å²) in [4.78, 5) is 10.7. The van der Waals surface area contributed by atoms with Crippen LogP contribution in [0.25, 0.3) is 11.8 Å². The number of rotatable bonds is 6. The van der Waals surface area contributed by atoms with Crippen LogP contribution in [0.4, 0.5) is 21.7 Å². The topological polar surface area (TPSA) is 90.9 Å². The molecule has 1 aliphatic heterocycles. The molecule has 0 saturated heterocycles. The van der Waals surface area contributed by atoms with Crippen molar-refractivity contribution in [1.82, 2.24) is 9.97 Å². The van der Waals surface area contributed by atoms with E-state index in [1.807, 2.05) is 18.2 Å². The molecule has 0 aliphatic carbocycles. The normalized spacial score (nSPS) is 12.7. The summed E-state index contributed by atoms with van der Waals surface area (Å²) in [6.45, 7) is 9.03. The van der Waals surface area contributed by atoms with E-state index in [1.165, 1.54) is 18.5 Å². The van der Waals surface area contributed by atoms with E-state index < -0.39 is 0 Å². The van der Waals surface area contributed by atoms with Crippen LogP contribution in [0.2, 0.25) is 0 Å².